The van der Waals surface area contributed by atoms with Gasteiger partial charge in [-0.15, -0.1) is 0 Å². The highest BCUT2D eigenvalue weighted by Gasteiger charge is 2.29. The minimum Gasteiger partial charge on any atom is -0.340 e. The molecule has 2 aromatic carbocycles. The normalized spacial score (nSPS) is 14.9. The number of hydrogen-bond acceptors (Lipinski definition) is 2. The van der Waals surface area contributed by atoms with E-state index in [1.807, 2.05) is 67.9 Å². The maximum atomic E-state index is 13.0. The summed E-state index contributed by atoms with van der Waals surface area (Å²) in [4.78, 5) is 29.1. The number of anilines is 1. The van der Waals surface area contributed by atoms with E-state index < -0.39 is 0 Å². The third-order valence-electron chi connectivity index (χ3n) is 5.27. The van der Waals surface area contributed by atoms with Crippen molar-refractivity contribution in [3.63, 3.8) is 0 Å². The fourth-order valence-corrected chi connectivity index (χ4v) is 3.68. The quantitative estimate of drug-likeness (QED) is 0.703. The van der Waals surface area contributed by atoms with Crippen LogP contribution in [-0.2, 0) is 11.8 Å². The smallest absolute Gasteiger partial charge is 0.271 e. The van der Waals surface area contributed by atoms with E-state index in [-0.39, 0.29) is 18.4 Å². The number of hydrogen-bond donors (Lipinski definition) is 0. The Bertz CT molecular complexity index is 1030. The maximum Gasteiger partial charge on any atom is 0.271 e. The molecule has 0 bridgehead atoms. The van der Waals surface area contributed by atoms with Crippen molar-refractivity contribution >= 4 is 28.4 Å². The van der Waals surface area contributed by atoms with Gasteiger partial charge in [0.15, 0.2) is 0 Å². The summed E-state index contributed by atoms with van der Waals surface area (Å²) in [6, 6.07) is 16.0. The number of aryl methyl sites for hydroxylation is 3. The number of nitrogens with zero attached hydrogens (tertiary/aromatic N) is 3. The zero-order valence-electron chi connectivity index (χ0n) is 15.9. The molecule has 27 heavy (non-hydrogen) atoms. The average molecular weight is 361 g/mol. The van der Waals surface area contributed by atoms with Crippen LogP contribution in [0.4, 0.5) is 5.69 Å². The van der Waals surface area contributed by atoms with E-state index in [1.165, 1.54) is 0 Å². The number of aromatic nitrogens is 1. The zero-order chi connectivity index (χ0) is 19.1. The van der Waals surface area contributed by atoms with Gasteiger partial charge in [-0.2, -0.15) is 0 Å². The Morgan fingerprint density at radius 2 is 1.63 bits per heavy atom. The van der Waals surface area contributed by atoms with Crippen LogP contribution < -0.4 is 4.90 Å². The molecule has 138 valence electrons. The highest BCUT2D eigenvalue weighted by atomic mass is 16.2. The number of carbonyl (C=O) groups is 2. The zero-order valence-corrected chi connectivity index (χ0v) is 15.9. The van der Waals surface area contributed by atoms with Crippen molar-refractivity contribution in [3.8, 4) is 0 Å². The fourth-order valence-electron chi connectivity index (χ4n) is 3.68. The lowest BCUT2D eigenvalue weighted by molar-refractivity contribution is -0.120. The van der Waals surface area contributed by atoms with Crippen molar-refractivity contribution in [2.75, 3.05) is 24.5 Å². The summed E-state index contributed by atoms with van der Waals surface area (Å²) in [5, 5.41) is 1.05. The molecule has 1 aliphatic rings. The molecule has 5 heteroatoms. The van der Waals surface area contributed by atoms with Gasteiger partial charge in [-0.25, -0.2) is 0 Å². The van der Waals surface area contributed by atoms with Crippen LogP contribution in [0.15, 0.2) is 48.5 Å². The molecule has 5 nitrogen and oxygen atoms in total. The molecule has 0 spiro atoms. The largest absolute Gasteiger partial charge is 0.340 e. The van der Waals surface area contributed by atoms with E-state index >= 15 is 0 Å². The molecule has 1 saturated heterocycles. The Labute approximate surface area is 158 Å². The predicted octanol–water partition coefficient (Wildman–Crippen LogP) is 3.28. The van der Waals surface area contributed by atoms with Gasteiger partial charge in [-0.3, -0.25) is 9.59 Å². The van der Waals surface area contributed by atoms with Crippen LogP contribution >= 0.6 is 0 Å². The topological polar surface area (TPSA) is 45.5 Å². The van der Waals surface area contributed by atoms with Crippen LogP contribution in [0.2, 0.25) is 0 Å². The first-order valence-electron chi connectivity index (χ1n) is 9.16. The molecule has 1 aliphatic heterocycles. The van der Waals surface area contributed by atoms with Gasteiger partial charge < -0.3 is 14.4 Å². The number of rotatable bonds is 2. The first-order valence-corrected chi connectivity index (χ1v) is 9.16. The Hall–Kier alpha value is -3.08. The molecule has 0 atom stereocenters. The molecule has 0 N–H and O–H groups in total. The molecule has 3 aromatic rings. The second-order valence-electron chi connectivity index (χ2n) is 7.26. The summed E-state index contributed by atoms with van der Waals surface area (Å²) in [6.07, 6.45) is 0. The van der Waals surface area contributed by atoms with Crippen molar-refractivity contribution in [1.82, 2.24) is 9.47 Å². The summed E-state index contributed by atoms with van der Waals surface area (Å²) in [7, 11) is 1.90. The number of fused-ring (bicyclic) bond motifs is 1. The van der Waals surface area contributed by atoms with E-state index in [1.54, 1.807) is 9.80 Å². The monoisotopic (exact) mass is 361 g/mol. The Balaban J connectivity index is 1.55. The first-order chi connectivity index (χ1) is 12.9. The minimum atomic E-state index is -0.0942. The molecule has 4 rings (SSSR count). The van der Waals surface area contributed by atoms with Gasteiger partial charge in [-0.05, 0) is 44.2 Å². The van der Waals surface area contributed by atoms with Gasteiger partial charge in [0.1, 0.15) is 12.2 Å². The van der Waals surface area contributed by atoms with Gasteiger partial charge in [0.2, 0.25) is 5.91 Å². The number of amides is 2. The molecular formula is C22H23N3O2. The summed E-state index contributed by atoms with van der Waals surface area (Å²) < 4.78 is 1.91. The highest BCUT2D eigenvalue weighted by molar-refractivity contribution is 6.03. The van der Waals surface area contributed by atoms with Crippen molar-refractivity contribution in [2.24, 2.45) is 7.05 Å². The average Bonchev–Trinajstić information content (AvgIpc) is 2.97. The Morgan fingerprint density at radius 1 is 0.926 bits per heavy atom. The van der Waals surface area contributed by atoms with Crippen molar-refractivity contribution in [2.45, 2.75) is 13.8 Å². The van der Waals surface area contributed by atoms with E-state index in [4.69, 9.17) is 0 Å². The van der Waals surface area contributed by atoms with Gasteiger partial charge >= 0.3 is 0 Å². The van der Waals surface area contributed by atoms with E-state index in [0.717, 1.165) is 27.7 Å². The van der Waals surface area contributed by atoms with Crippen LogP contribution in [0, 0.1) is 13.8 Å². The van der Waals surface area contributed by atoms with E-state index in [2.05, 4.69) is 6.07 Å². The second kappa shape index (κ2) is 6.58. The lowest BCUT2D eigenvalue weighted by atomic mass is 10.1. The summed E-state index contributed by atoms with van der Waals surface area (Å²) in [5.74, 6) is -0.142. The first kappa shape index (κ1) is 17.3. The van der Waals surface area contributed by atoms with Crippen LogP contribution in [0.25, 0.3) is 10.9 Å². The second-order valence-corrected chi connectivity index (χ2v) is 7.26. The molecule has 0 unspecified atom stereocenters. The van der Waals surface area contributed by atoms with Crippen molar-refractivity contribution < 1.29 is 9.59 Å². The van der Waals surface area contributed by atoms with Crippen LogP contribution in [0.3, 0.4) is 0 Å². The van der Waals surface area contributed by atoms with Crippen LogP contribution in [-0.4, -0.2) is 40.9 Å². The molecule has 1 aromatic heterocycles. The summed E-state index contributed by atoms with van der Waals surface area (Å²) in [5.41, 5.74) is 4.85. The van der Waals surface area contributed by atoms with Gasteiger partial charge in [-0.1, -0.05) is 29.3 Å². The molecule has 0 saturated carbocycles. The predicted molar refractivity (Wildman–Crippen MR) is 107 cm³/mol. The Kier molecular flexibility index (Phi) is 4.22. The molecule has 2 heterocycles. The van der Waals surface area contributed by atoms with Gasteiger partial charge in [0, 0.05) is 36.7 Å². The van der Waals surface area contributed by atoms with E-state index in [9.17, 15) is 9.59 Å². The van der Waals surface area contributed by atoms with Crippen LogP contribution in [0.1, 0.15) is 21.6 Å². The molecular weight excluding hydrogens is 338 g/mol. The molecule has 0 radical (unpaired) electrons. The summed E-state index contributed by atoms with van der Waals surface area (Å²) >= 11 is 0. The highest BCUT2D eigenvalue weighted by Crippen LogP contribution is 2.23. The number of piperazine rings is 1. The maximum absolute atomic E-state index is 13.0. The SMILES string of the molecule is Cc1ccc(N2CCN(C(=O)c3cc4cc(C)ccc4n3C)CC2=O)cc1. The Morgan fingerprint density at radius 3 is 2.33 bits per heavy atom. The standard InChI is InChI=1S/C22H23N3O2/c1-15-4-7-18(8-5-15)25-11-10-24(14-21(25)26)22(27)20-13-17-12-16(2)6-9-19(17)23(20)3/h4-9,12-13H,10-11,14H2,1-3H3. The van der Waals surface area contributed by atoms with Crippen molar-refractivity contribution in [3.05, 3.63) is 65.4 Å². The minimum absolute atomic E-state index is 0.0481. The summed E-state index contributed by atoms with van der Waals surface area (Å²) in [6.45, 7) is 5.20. The lowest BCUT2D eigenvalue weighted by Gasteiger charge is -2.34. The number of benzene rings is 2. The molecule has 0 aliphatic carbocycles. The molecule has 1 fully saturated rings. The fraction of sp³-hybridized carbons (Fsp3) is 0.273. The lowest BCUT2D eigenvalue weighted by Crippen LogP contribution is -2.52. The van der Waals surface area contributed by atoms with E-state index in [0.29, 0.717) is 18.8 Å². The third-order valence-corrected chi connectivity index (χ3v) is 5.27. The van der Waals surface area contributed by atoms with Crippen molar-refractivity contribution in [1.29, 1.82) is 0 Å². The molecule has 2 amide bonds. The van der Waals surface area contributed by atoms with Gasteiger partial charge in [0.25, 0.3) is 5.91 Å². The van der Waals surface area contributed by atoms with Gasteiger partial charge in [0.05, 0.1) is 0 Å². The van der Waals surface area contributed by atoms with Crippen LogP contribution in [0.5, 0.6) is 0 Å². The third kappa shape index (κ3) is 3.10. The number of carbonyl (C=O) groups excluding carboxylic acids is 2.